The number of rotatable bonds is 3. The highest BCUT2D eigenvalue weighted by Gasteiger charge is 2.27. The number of aryl methyl sites for hydroxylation is 2. The van der Waals surface area contributed by atoms with E-state index in [2.05, 4.69) is 34.7 Å². The average Bonchev–Trinajstić information content (AvgIpc) is 3.02. The van der Waals surface area contributed by atoms with E-state index in [0.717, 1.165) is 44.3 Å². The predicted octanol–water partition coefficient (Wildman–Crippen LogP) is 7.29. The predicted molar refractivity (Wildman–Crippen MR) is 179 cm³/mol. The molecule has 0 unspecified atom stereocenters. The van der Waals surface area contributed by atoms with E-state index in [0.29, 0.717) is 16.8 Å². The van der Waals surface area contributed by atoms with Crippen LogP contribution in [0.1, 0.15) is 46.7 Å². The molecule has 5 aromatic rings. The number of aromatic amines is 1. The molecule has 0 saturated heterocycles. The Morgan fingerprint density at radius 3 is 2.49 bits per heavy atom. The highest BCUT2D eigenvalue weighted by atomic mass is 16.5. The molecule has 0 radical (unpaired) electrons. The Morgan fingerprint density at radius 1 is 0.867 bits per heavy atom. The fraction of sp³-hybridized carbons (Fsp3) is 0.216. The standard InChI is InChI=1S/C37H36N4O4/c1-22-7-5-6-8-31(22)32-14-12-28-18-27(32)20-41(4)36(43)34(39-29-11-9-25-15-16-38-35(42)33(25)19-29)26-10-13-30(23(2)17-26)24(3)21-45-37(44)40-28/h5-19,24,34,39H,20-21H2,1-4H3,(H,38,42)(H,40,44)/t24-,34+/m0/s1. The molecule has 8 nitrogen and oxygen atoms in total. The van der Waals surface area contributed by atoms with Crippen LogP contribution in [0.3, 0.4) is 0 Å². The minimum Gasteiger partial charge on any atom is -0.449 e. The Morgan fingerprint density at radius 2 is 1.69 bits per heavy atom. The zero-order valence-corrected chi connectivity index (χ0v) is 25.8. The lowest BCUT2D eigenvalue weighted by atomic mass is 9.92. The number of benzene rings is 4. The van der Waals surface area contributed by atoms with Crippen LogP contribution in [0.4, 0.5) is 16.2 Å². The van der Waals surface area contributed by atoms with Gasteiger partial charge in [-0.05, 0) is 88.5 Å². The molecule has 2 atom stereocenters. The Labute approximate surface area is 262 Å². The first-order valence-corrected chi connectivity index (χ1v) is 15.0. The Bertz CT molecular complexity index is 1980. The molecular formula is C37H36N4O4. The molecular weight excluding hydrogens is 564 g/mol. The number of pyridine rings is 1. The Hall–Kier alpha value is -5.37. The SMILES string of the molecule is Cc1ccccc1-c1ccc2cc1CN(C)C(=O)[C@H](Nc1ccc3cc[nH]c(=O)c3c1)c1ccc(c(C)c1)[C@@H](C)COC(=O)N2. The number of likely N-dealkylation sites (N-methyl/N-ethyl adjacent to an activating group) is 1. The van der Waals surface area contributed by atoms with Gasteiger partial charge in [-0.15, -0.1) is 0 Å². The maximum Gasteiger partial charge on any atom is 0.411 e. The first kappa shape index (κ1) is 29.7. The van der Waals surface area contributed by atoms with E-state index >= 15 is 0 Å². The van der Waals surface area contributed by atoms with E-state index in [1.807, 2.05) is 80.6 Å². The largest absolute Gasteiger partial charge is 0.449 e. The highest BCUT2D eigenvalue weighted by molar-refractivity contribution is 5.90. The third-order valence-corrected chi connectivity index (χ3v) is 8.53. The minimum atomic E-state index is -0.729. The summed E-state index contributed by atoms with van der Waals surface area (Å²) in [5.74, 6) is -0.202. The van der Waals surface area contributed by atoms with Crippen LogP contribution < -0.4 is 16.2 Å². The molecule has 0 aliphatic carbocycles. The van der Waals surface area contributed by atoms with Crippen molar-refractivity contribution in [2.75, 3.05) is 24.3 Å². The van der Waals surface area contributed by atoms with Crippen molar-refractivity contribution in [3.8, 4) is 11.1 Å². The van der Waals surface area contributed by atoms with Gasteiger partial charge in [-0.25, -0.2) is 4.79 Å². The van der Waals surface area contributed by atoms with Gasteiger partial charge in [0, 0.05) is 42.5 Å². The Kier molecular flexibility index (Phi) is 8.13. The highest BCUT2D eigenvalue weighted by Crippen LogP contribution is 2.32. The molecule has 2 aliphatic heterocycles. The van der Waals surface area contributed by atoms with Gasteiger partial charge in [-0.3, -0.25) is 14.9 Å². The van der Waals surface area contributed by atoms with E-state index in [-0.39, 0.29) is 30.5 Å². The van der Waals surface area contributed by atoms with Crippen LogP contribution in [0.15, 0.2) is 95.9 Å². The van der Waals surface area contributed by atoms with Crippen molar-refractivity contribution in [1.82, 2.24) is 9.88 Å². The van der Waals surface area contributed by atoms with Gasteiger partial charge in [0.15, 0.2) is 0 Å². The van der Waals surface area contributed by atoms with Gasteiger partial charge in [-0.2, -0.15) is 0 Å². The van der Waals surface area contributed by atoms with Gasteiger partial charge in [0.2, 0.25) is 5.91 Å². The average molecular weight is 601 g/mol. The summed E-state index contributed by atoms with van der Waals surface area (Å²) in [5, 5.41) is 7.67. The molecule has 3 heterocycles. The van der Waals surface area contributed by atoms with Gasteiger partial charge in [0.05, 0.1) is 6.61 Å². The second-order valence-electron chi connectivity index (χ2n) is 11.8. The number of hydrogen-bond donors (Lipinski definition) is 3. The number of H-pyrrole nitrogens is 1. The topological polar surface area (TPSA) is 104 Å². The second-order valence-corrected chi connectivity index (χ2v) is 11.8. The van der Waals surface area contributed by atoms with E-state index in [9.17, 15) is 14.4 Å². The summed E-state index contributed by atoms with van der Waals surface area (Å²) < 4.78 is 5.62. The van der Waals surface area contributed by atoms with Gasteiger partial charge >= 0.3 is 6.09 Å². The number of carbonyl (C=O) groups excluding carboxylic acids is 2. The van der Waals surface area contributed by atoms with Crippen molar-refractivity contribution in [2.45, 2.75) is 39.3 Å². The maximum atomic E-state index is 14.4. The number of aromatic nitrogens is 1. The van der Waals surface area contributed by atoms with Gasteiger partial charge < -0.3 is 19.9 Å². The molecule has 2 amide bonds. The van der Waals surface area contributed by atoms with Crippen LogP contribution in [0.2, 0.25) is 0 Å². The zero-order chi connectivity index (χ0) is 31.7. The monoisotopic (exact) mass is 600 g/mol. The number of amides is 2. The quantitative estimate of drug-likeness (QED) is 0.202. The molecule has 1 aromatic heterocycles. The number of fused-ring (bicyclic) bond motifs is 10. The molecule has 4 bridgehead atoms. The molecule has 0 spiro atoms. The third kappa shape index (κ3) is 6.17. The number of anilines is 2. The fourth-order valence-electron chi connectivity index (χ4n) is 6.10. The van der Waals surface area contributed by atoms with E-state index in [1.165, 1.54) is 0 Å². The first-order valence-electron chi connectivity index (χ1n) is 15.0. The lowest BCUT2D eigenvalue weighted by Gasteiger charge is -2.28. The van der Waals surface area contributed by atoms with Crippen molar-refractivity contribution in [1.29, 1.82) is 0 Å². The van der Waals surface area contributed by atoms with Crippen molar-refractivity contribution < 1.29 is 14.3 Å². The van der Waals surface area contributed by atoms with Crippen LogP contribution >= 0.6 is 0 Å². The normalized spacial score (nSPS) is 17.2. The van der Waals surface area contributed by atoms with Crippen molar-refractivity contribution in [3.63, 3.8) is 0 Å². The molecule has 228 valence electrons. The molecule has 0 saturated carbocycles. The number of nitrogens with one attached hydrogen (secondary N) is 3. The minimum absolute atomic E-state index is 0.0614. The lowest BCUT2D eigenvalue weighted by Crippen LogP contribution is -2.35. The van der Waals surface area contributed by atoms with Crippen molar-refractivity contribution in [2.24, 2.45) is 0 Å². The molecule has 45 heavy (non-hydrogen) atoms. The number of ether oxygens (including phenoxy) is 1. The molecule has 0 fully saturated rings. The lowest BCUT2D eigenvalue weighted by molar-refractivity contribution is -0.131. The molecule has 2 aliphatic rings. The summed E-state index contributed by atoms with van der Waals surface area (Å²) in [6.07, 6.45) is 1.10. The number of hydrogen-bond acceptors (Lipinski definition) is 5. The van der Waals surface area contributed by atoms with Crippen LogP contribution in [0.25, 0.3) is 21.9 Å². The van der Waals surface area contributed by atoms with E-state index < -0.39 is 12.1 Å². The van der Waals surface area contributed by atoms with E-state index in [4.69, 9.17) is 4.74 Å². The summed E-state index contributed by atoms with van der Waals surface area (Å²) in [5.41, 5.74) is 7.86. The molecule has 8 heteroatoms. The summed E-state index contributed by atoms with van der Waals surface area (Å²) in [6, 6.07) is 26.4. The number of nitrogens with zero attached hydrogens (tertiary/aromatic N) is 1. The maximum absolute atomic E-state index is 14.4. The zero-order valence-electron chi connectivity index (χ0n) is 25.8. The summed E-state index contributed by atoms with van der Waals surface area (Å²) in [6.45, 7) is 6.55. The van der Waals surface area contributed by atoms with Crippen molar-refractivity contribution >= 4 is 34.1 Å². The number of carbonyl (C=O) groups is 2. The van der Waals surface area contributed by atoms with Crippen LogP contribution in [0, 0.1) is 13.8 Å². The van der Waals surface area contributed by atoms with Gasteiger partial charge in [0.25, 0.3) is 5.56 Å². The van der Waals surface area contributed by atoms with E-state index in [1.54, 1.807) is 24.2 Å². The fourth-order valence-corrected chi connectivity index (χ4v) is 6.10. The summed E-state index contributed by atoms with van der Waals surface area (Å²) in [7, 11) is 1.78. The smallest absolute Gasteiger partial charge is 0.411 e. The van der Waals surface area contributed by atoms with Gasteiger partial charge in [0.1, 0.15) is 6.04 Å². The van der Waals surface area contributed by atoms with Crippen LogP contribution in [-0.4, -0.2) is 35.5 Å². The third-order valence-electron chi connectivity index (χ3n) is 8.53. The summed E-state index contributed by atoms with van der Waals surface area (Å²) in [4.78, 5) is 44.2. The summed E-state index contributed by atoms with van der Waals surface area (Å²) >= 11 is 0. The molecule has 4 aromatic carbocycles. The van der Waals surface area contributed by atoms with Crippen molar-refractivity contribution in [3.05, 3.63) is 129 Å². The van der Waals surface area contributed by atoms with Gasteiger partial charge in [-0.1, -0.05) is 61.5 Å². The van der Waals surface area contributed by atoms with Crippen LogP contribution in [-0.2, 0) is 16.1 Å². The molecule has 7 rings (SSSR count). The first-order chi connectivity index (χ1) is 21.7. The van der Waals surface area contributed by atoms with Crippen LogP contribution in [0.5, 0.6) is 0 Å². The Balaban J connectivity index is 1.45. The molecule has 3 N–H and O–H groups in total. The second kappa shape index (κ2) is 12.3.